The highest BCUT2D eigenvalue weighted by atomic mass is 16.5. The second-order valence-corrected chi connectivity index (χ2v) is 5.44. The van der Waals surface area contributed by atoms with E-state index in [1.807, 2.05) is 31.5 Å². The zero-order valence-electron chi connectivity index (χ0n) is 13.1. The van der Waals surface area contributed by atoms with Crippen LogP contribution >= 0.6 is 0 Å². The topological polar surface area (TPSA) is 79.4 Å². The predicted octanol–water partition coefficient (Wildman–Crippen LogP) is 3.64. The van der Waals surface area contributed by atoms with Crippen LogP contribution < -0.4 is 5.32 Å². The molecule has 1 unspecified atom stereocenters. The maximum absolute atomic E-state index is 11.7. The molecule has 1 aliphatic heterocycles. The zero-order chi connectivity index (χ0) is 16.1. The van der Waals surface area contributed by atoms with Gasteiger partial charge in [-0.05, 0) is 49.6 Å². The maximum atomic E-state index is 11.7. The number of carbonyl (C=O) groups is 1. The monoisotopic (exact) mass is 312 g/mol. The summed E-state index contributed by atoms with van der Waals surface area (Å²) in [5, 5.41) is 2.67. The van der Waals surface area contributed by atoms with Gasteiger partial charge in [0.25, 0.3) is 0 Å². The van der Waals surface area contributed by atoms with Crippen molar-refractivity contribution in [1.82, 2.24) is 9.97 Å². The fourth-order valence-electron chi connectivity index (χ4n) is 2.68. The molecule has 1 aliphatic rings. The standard InChI is InChI=1S/C17H20N4O2/c1-2-3-10-23-17(22)21-15-5-4-14-16(20-15)13(11-19-14)12-6-8-18-9-7-12/h2-5,8,11-12,19H,6-7,9-10H2,1H3,(H,20,21,22). The van der Waals surface area contributed by atoms with Crippen LogP contribution in [0.1, 0.15) is 31.2 Å². The van der Waals surface area contributed by atoms with E-state index in [1.54, 1.807) is 12.1 Å². The van der Waals surface area contributed by atoms with Crippen LogP contribution in [0.5, 0.6) is 0 Å². The third kappa shape index (κ3) is 3.59. The van der Waals surface area contributed by atoms with Crippen molar-refractivity contribution in [2.24, 2.45) is 4.99 Å². The lowest BCUT2D eigenvalue weighted by Gasteiger charge is -2.16. The second-order valence-electron chi connectivity index (χ2n) is 5.44. The number of nitrogens with zero attached hydrogens (tertiary/aromatic N) is 2. The van der Waals surface area contributed by atoms with Crippen molar-refractivity contribution in [2.75, 3.05) is 18.5 Å². The summed E-state index contributed by atoms with van der Waals surface area (Å²) in [5.74, 6) is 0.916. The van der Waals surface area contributed by atoms with Crippen molar-refractivity contribution < 1.29 is 9.53 Å². The molecule has 1 atom stereocenters. The number of carbonyl (C=O) groups excluding carboxylic acids is 1. The Kier molecular flexibility index (Phi) is 4.71. The highest BCUT2D eigenvalue weighted by Gasteiger charge is 2.18. The number of anilines is 1. The molecule has 3 rings (SSSR count). The van der Waals surface area contributed by atoms with Crippen molar-refractivity contribution in [3.63, 3.8) is 0 Å². The molecule has 3 heterocycles. The quantitative estimate of drug-likeness (QED) is 0.846. The molecule has 0 saturated carbocycles. The van der Waals surface area contributed by atoms with E-state index >= 15 is 0 Å². The van der Waals surface area contributed by atoms with Gasteiger partial charge in [-0.3, -0.25) is 10.3 Å². The number of aliphatic imine (C=N–C) groups is 1. The smallest absolute Gasteiger partial charge is 0.413 e. The third-order valence-corrected chi connectivity index (χ3v) is 3.89. The molecule has 23 heavy (non-hydrogen) atoms. The summed E-state index contributed by atoms with van der Waals surface area (Å²) in [7, 11) is 0. The van der Waals surface area contributed by atoms with Gasteiger partial charge in [-0.1, -0.05) is 12.2 Å². The summed E-state index contributed by atoms with van der Waals surface area (Å²) < 4.78 is 5.02. The van der Waals surface area contributed by atoms with Gasteiger partial charge >= 0.3 is 6.09 Å². The summed E-state index contributed by atoms with van der Waals surface area (Å²) in [5.41, 5.74) is 3.05. The van der Waals surface area contributed by atoms with Crippen LogP contribution in [-0.2, 0) is 4.74 Å². The number of allylic oxidation sites excluding steroid dienone is 1. The molecule has 0 radical (unpaired) electrons. The molecule has 0 saturated heterocycles. The number of hydrogen-bond donors (Lipinski definition) is 2. The highest BCUT2D eigenvalue weighted by molar-refractivity contribution is 5.87. The van der Waals surface area contributed by atoms with Gasteiger partial charge in [0.05, 0.1) is 11.0 Å². The summed E-state index contributed by atoms with van der Waals surface area (Å²) in [4.78, 5) is 23.8. The first-order valence-corrected chi connectivity index (χ1v) is 7.79. The number of fused-ring (bicyclic) bond motifs is 1. The van der Waals surface area contributed by atoms with Gasteiger partial charge in [-0.15, -0.1) is 0 Å². The SMILES string of the molecule is CC=CCOC(=O)Nc1ccc2[nH]cc(C3CC=NCC3)c2n1. The Morgan fingerprint density at radius 1 is 1.52 bits per heavy atom. The van der Waals surface area contributed by atoms with Gasteiger partial charge in [0.1, 0.15) is 12.4 Å². The first-order valence-electron chi connectivity index (χ1n) is 7.79. The highest BCUT2D eigenvalue weighted by Crippen LogP contribution is 2.31. The zero-order valence-corrected chi connectivity index (χ0v) is 13.1. The van der Waals surface area contributed by atoms with Crippen LogP contribution in [0.4, 0.5) is 10.6 Å². The summed E-state index contributed by atoms with van der Waals surface area (Å²) in [6, 6.07) is 3.69. The van der Waals surface area contributed by atoms with E-state index in [0.717, 1.165) is 30.4 Å². The van der Waals surface area contributed by atoms with Gasteiger partial charge < -0.3 is 9.72 Å². The van der Waals surface area contributed by atoms with E-state index in [2.05, 4.69) is 20.3 Å². The number of amides is 1. The molecule has 2 aromatic heterocycles. The second kappa shape index (κ2) is 7.09. The Hall–Kier alpha value is -2.63. The fourth-order valence-corrected chi connectivity index (χ4v) is 2.68. The third-order valence-electron chi connectivity index (χ3n) is 3.89. The number of nitrogens with one attached hydrogen (secondary N) is 2. The Labute approximate surface area is 134 Å². The predicted molar refractivity (Wildman–Crippen MR) is 91.2 cm³/mol. The average molecular weight is 312 g/mol. The van der Waals surface area contributed by atoms with Gasteiger partial charge in [0.2, 0.25) is 0 Å². The molecule has 0 aliphatic carbocycles. The van der Waals surface area contributed by atoms with Crippen molar-refractivity contribution >= 4 is 29.2 Å². The number of rotatable bonds is 4. The Bertz CT molecular complexity index is 748. The number of H-pyrrole nitrogens is 1. The van der Waals surface area contributed by atoms with Gasteiger partial charge in [0, 0.05) is 12.7 Å². The van der Waals surface area contributed by atoms with Crippen molar-refractivity contribution in [2.45, 2.75) is 25.7 Å². The van der Waals surface area contributed by atoms with Crippen molar-refractivity contribution in [3.05, 3.63) is 36.0 Å². The van der Waals surface area contributed by atoms with Gasteiger partial charge in [0.15, 0.2) is 0 Å². The maximum Gasteiger partial charge on any atom is 0.413 e. The van der Waals surface area contributed by atoms with Crippen LogP contribution in [0.15, 0.2) is 35.5 Å². The van der Waals surface area contributed by atoms with E-state index < -0.39 is 6.09 Å². The van der Waals surface area contributed by atoms with Crippen molar-refractivity contribution in [1.29, 1.82) is 0 Å². The fraction of sp³-hybridized carbons (Fsp3) is 0.353. The number of aromatic nitrogens is 2. The average Bonchev–Trinajstić information content (AvgIpc) is 2.99. The number of aromatic amines is 1. The van der Waals surface area contributed by atoms with Crippen molar-refractivity contribution in [3.8, 4) is 0 Å². The molecule has 0 aromatic carbocycles. The minimum absolute atomic E-state index is 0.251. The van der Waals surface area contributed by atoms with Gasteiger partial charge in [-0.25, -0.2) is 9.78 Å². The van der Waals surface area contributed by atoms with Gasteiger partial charge in [-0.2, -0.15) is 0 Å². The summed E-state index contributed by atoms with van der Waals surface area (Å²) in [6.45, 7) is 2.98. The first-order chi connectivity index (χ1) is 11.3. The molecule has 0 bridgehead atoms. The Morgan fingerprint density at radius 3 is 3.22 bits per heavy atom. The lowest BCUT2D eigenvalue weighted by atomic mass is 9.93. The lowest BCUT2D eigenvalue weighted by Crippen LogP contribution is -2.14. The molecule has 2 aromatic rings. The number of hydrogen-bond acceptors (Lipinski definition) is 4. The molecule has 2 N–H and O–H groups in total. The lowest BCUT2D eigenvalue weighted by molar-refractivity contribution is 0.174. The molecule has 0 spiro atoms. The van der Waals surface area contributed by atoms with Crippen LogP contribution in [0, 0.1) is 0 Å². The van der Waals surface area contributed by atoms with Crippen LogP contribution in [0.3, 0.4) is 0 Å². The van der Waals surface area contributed by atoms with E-state index in [1.165, 1.54) is 5.56 Å². The van der Waals surface area contributed by atoms with Crippen LogP contribution in [-0.4, -0.2) is 35.4 Å². The van der Waals surface area contributed by atoms with E-state index in [9.17, 15) is 4.79 Å². The normalized spacial score (nSPS) is 17.7. The largest absolute Gasteiger partial charge is 0.445 e. The Morgan fingerprint density at radius 2 is 2.43 bits per heavy atom. The molecule has 0 fully saturated rings. The van der Waals surface area contributed by atoms with Crippen LogP contribution in [0.25, 0.3) is 11.0 Å². The molecule has 1 amide bonds. The van der Waals surface area contributed by atoms with E-state index in [4.69, 9.17) is 4.74 Å². The summed E-state index contributed by atoms with van der Waals surface area (Å²) in [6.07, 6.45) is 9.04. The number of ether oxygens (including phenoxy) is 1. The summed E-state index contributed by atoms with van der Waals surface area (Å²) >= 11 is 0. The first kappa shape index (κ1) is 15.3. The molecule has 120 valence electrons. The Balaban J connectivity index is 1.77. The molecular formula is C17H20N4O2. The molecule has 6 heteroatoms. The van der Waals surface area contributed by atoms with E-state index in [-0.39, 0.29) is 6.61 Å². The minimum Gasteiger partial charge on any atom is -0.445 e. The molecular weight excluding hydrogens is 292 g/mol. The molecule has 6 nitrogen and oxygen atoms in total. The minimum atomic E-state index is -0.503. The van der Waals surface area contributed by atoms with Crippen LogP contribution in [0.2, 0.25) is 0 Å². The van der Waals surface area contributed by atoms with E-state index in [0.29, 0.717) is 11.7 Å². The number of pyridine rings is 1.